The van der Waals surface area contributed by atoms with E-state index in [-0.39, 0.29) is 17.9 Å². The highest BCUT2D eigenvalue weighted by Gasteiger charge is 2.28. The highest BCUT2D eigenvalue weighted by molar-refractivity contribution is 5.79. The molecule has 0 radical (unpaired) electrons. The van der Waals surface area contributed by atoms with Gasteiger partial charge in [-0.1, -0.05) is 30.3 Å². The van der Waals surface area contributed by atoms with Gasteiger partial charge in [-0.2, -0.15) is 0 Å². The number of hydrogen-bond acceptors (Lipinski definition) is 5. The molecule has 144 valence electrons. The third-order valence-electron chi connectivity index (χ3n) is 5.08. The van der Waals surface area contributed by atoms with Crippen LogP contribution in [-0.4, -0.2) is 38.9 Å². The first-order valence-electron chi connectivity index (χ1n) is 9.63. The van der Waals surface area contributed by atoms with E-state index < -0.39 is 0 Å². The van der Waals surface area contributed by atoms with Crippen LogP contribution in [0.3, 0.4) is 0 Å². The Kier molecular flexibility index (Phi) is 5.32. The number of nitrogens with zero attached hydrogens (tertiary/aromatic N) is 4. The van der Waals surface area contributed by atoms with Gasteiger partial charge in [-0.15, -0.1) is 0 Å². The number of nitrogens with one attached hydrogen (secondary N) is 2. The summed E-state index contributed by atoms with van der Waals surface area (Å²) in [6.07, 6.45) is 7.09. The van der Waals surface area contributed by atoms with Gasteiger partial charge in [0.05, 0.1) is 23.9 Å². The van der Waals surface area contributed by atoms with E-state index >= 15 is 0 Å². The number of benzene rings is 1. The maximum absolute atomic E-state index is 12.8. The van der Waals surface area contributed by atoms with Gasteiger partial charge in [0.1, 0.15) is 5.82 Å². The molecular formula is C21H24N6O. The molecule has 1 amide bonds. The van der Waals surface area contributed by atoms with Gasteiger partial charge in [-0.25, -0.2) is 15.0 Å². The molecule has 7 heteroatoms. The number of aromatic nitrogens is 4. The molecule has 0 unspecified atom stereocenters. The van der Waals surface area contributed by atoms with E-state index in [4.69, 9.17) is 0 Å². The number of carbonyl (C=O) groups excluding carboxylic acids is 1. The fourth-order valence-corrected chi connectivity index (χ4v) is 3.55. The highest BCUT2D eigenvalue weighted by Crippen LogP contribution is 2.22. The molecule has 1 aliphatic rings. The second kappa shape index (κ2) is 8.21. The predicted octanol–water partition coefficient (Wildman–Crippen LogP) is 2.96. The molecule has 0 bridgehead atoms. The zero-order chi connectivity index (χ0) is 19.3. The van der Waals surface area contributed by atoms with E-state index in [1.165, 1.54) is 0 Å². The summed E-state index contributed by atoms with van der Waals surface area (Å²) in [7, 11) is 0. The minimum absolute atomic E-state index is 0.0470. The van der Waals surface area contributed by atoms with Crippen LogP contribution >= 0.6 is 0 Å². The Morgan fingerprint density at radius 3 is 2.75 bits per heavy atom. The Morgan fingerprint density at radius 2 is 1.96 bits per heavy atom. The Balaban J connectivity index is 1.38. The van der Waals surface area contributed by atoms with E-state index in [0.29, 0.717) is 12.5 Å². The zero-order valence-electron chi connectivity index (χ0n) is 15.9. The van der Waals surface area contributed by atoms with Crippen molar-refractivity contribution in [3.05, 3.63) is 60.8 Å². The first-order valence-corrected chi connectivity index (χ1v) is 9.63. The molecule has 2 aromatic heterocycles. The summed E-state index contributed by atoms with van der Waals surface area (Å²) in [6, 6.07) is 11.6. The van der Waals surface area contributed by atoms with Gasteiger partial charge in [0, 0.05) is 25.5 Å². The molecule has 2 atom stereocenters. The summed E-state index contributed by atoms with van der Waals surface area (Å²) in [4.78, 5) is 31.3. The van der Waals surface area contributed by atoms with Crippen molar-refractivity contribution in [2.75, 3.05) is 18.0 Å². The number of amides is 1. The smallest absolute Gasteiger partial charge is 0.225 e. The fourth-order valence-electron chi connectivity index (χ4n) is 3.55. The number of hydrogen-bond donors (Lipinski definition) is 2. The third kappa shape index (κ3) is 4.03. The number of H-pyrrole nitrogens is 1. The second-order valence-corrected chi connectivity index (χ2v) is 7.11. The molecule has 1 aliphatic heterocycles. The number of aromatic amines is 1. The van der Waals surface area contributed by atoms with Crippen molar-refractivity contribution in [2.45, 2.75) is 25.8 Å². The van der Waals surface area contributed by atoms with Crippen molar-refractivity contribution in [1.29, 1.82) is 0 Å². The topological polar surface area (TPSA) is 86.8 Å². The standard InChI is InChI=1S/C21H24N6O/c1-15(19-24-13-18(26-19)16-7-3-2-4-8-16)25-20(28)17-9-5-12-27(14-17)21-22-10-6-11-23-21/h2-4,6-8,10-11,13,15,17H,5,9,12,14H2,1H3,(H,24,26)(H,25,28)/t15-,17-/m1/s1. The van der Waals surface area contributed by atoms with Crippen LogP contribution < -0.4 is 10.2 Å². The van der Waals surface area contributed by atoms with Crippen molar-refractivity contribution < 1.29 is 4.79 Å². The minimum Gasteiger partial charge on any atom is -0.346 e. The van der Waals surface area contributed by atoms with Crippen molar-refractivity contribution in [3.63, 3.8) is 0 Å². The number of carbonyl (C=O) groups is 1. The van der Waals surface area contributed by atoms with Gasteiger partial charge in [-0.3, -0.25) is 4.79 Å². The van der Waals surface area contributed by atoms with Gasteiger partial charge >= 0.3 is 0 Å². The zero-order valence-corrected chi connectivity index (χ0v) is 15.9. The quantitative estimate of drug-likeness (QED) is 0.715. The maximum Gasteiger partial charge on any atom is 0.225 e. The third-order valence-corrected chi connectivity index (χ3v) is 5.08. The summed E-state index contributed by atoms with van der Waals surface area (Å²) in [5.41, 5.74) is 2.02. The lowest BCUT2D eigenvalue weighted by molar-refractivity contribution is -0.126. The van der Waals surface area contributed by atoms with Crippen LogP contribution in [0.5, 0.6) is 0 Å². The summed E-state index contributed by atoms with van der Waals surface area (Å²) in [6.45, 7) is 3.46. The van der Waals surface area contributed by atoms with E-state index in [1.54, 1.807) is 18.5 Å². The first kappa shape index (κ1) is 18.2. The van der Waals surface area contributed by atoms with E-state index in [1.807, 2.05) is 43.5 Å². The molecule has 0 aliphatic carbocycles. The van der Waals surface area contributed by atoms with Crippen molar-refractivity contribution in [1.82, 2.24) is 25.3 Å². The SMILES string of the molecule is C[C@@H](NC(=O)[C@@H]1CCCN(c2ncccn2)C1)c1ncc(-c2ccccc2)[nH]1. The van der Waals surface area contributed by atoms with Crippen molar-refractivity contribution in [2.24, 2.45) is 5.92 Å². The lowest BCUT2D eigenvalue weighted by Crippen LogP contribution is -2.44. The molecule has 1 fully saturated rings. The van der Waals surface area contributed by atoms with Crippen LogP contribution in [-0.2, 0) is 4.79 Å². The first-order chi connectivity index (χ1) is 13.7. The van der Waals surface area contributed by atoms with Crippen molar-refractivity contribution in [3.8, 4) is 11.3 Å². The average molecular weight is 376 g/mol. The van der Waals surface area contributed by atoms with Crippen LogP contribution in [0.15, 0.2) is 55.0 Å². The van der Waals surface area contributed by atoms with Crippen LogP contribution in [0.1, 0.15) is 31.6 Å². The van der Waals surface area contributed by atoms with Gasteiger partial charge in [0.2, 0.25) is 11.9 Å². The number of imidazole rings is 1. The van der Waals surface area contributed by atoms with Crippen LogP contribution in [0.2, 0.25) is 0 Å². The summed E-state index contributed by atoms with van der Waals surface area (Å²) in [5, 5.41) is 3.10. The number of piperidine rings is 1. The largest absolute Gasteiger partial charge is 0.346 e. The molecular weight excluding hydrogens is 352 g/mol. The Labute approximate surface area is 164 Å². The molecule has 7 nitrogen and oxygen atoms in total. The Hall–Kier alpha value is -3.22. The van der Waals surface area contributed by atoms with Crippen LogP contribution in [0, 0.1) is 5.92 Å². The molecule has 3 aromatic rings. The lowest BCUT2D eigenvalue weighted by atomic mass is 9.97. The molecule has 0 spiro atoms. The van der Waals surface area contributed by atoms with E-state index in [9.17, 15) is 4.79 Å². The van der Waals surface area contributed by atoms with Gasteiger partial charge in [0.25, 0.3) is 0 Å². The Morgan fingerprint density at radius 1 is 1.18 bits per heavy atom. The van der Waals surface area contributed by atoms with E-state index in [2.05, 4.69) is 30.2 Å². The van der Waals surface area contributed by atoms with Gasteiger partial charge < -0.3 is 15.2 Å². The lowest BCUT2D eigenvalue weighted by Gasteiger charge is -2.32. The monoisotopic (exact) mass is 376 g/mol. The molecule has 1 saturated heterocycles. The second-order valence-electron chi connectivity index (χ2n) is 7.11. The van der Waals surface area contributed by atoms with Gasteiger partial charge in [0.15, 0.2) is 0 Å². The van der Waals surface area contributed by atoms with E-state index in [0.717, 1.165) is 36.5 Å². The number of rotatable bonds is 5. The normalized spacial score (nSPS) is 17.9. The van der Waals surface area contributed by atoms with Gasteiger partial charge in [-0.05, 0) is 31.4 Å². The molecule has 3 heterocycles. The Bertz CT molecular complexity index is 911. The minimum atomic E-state index is -0.187. The summed E-state index contributed by atoms with van der Waals surface area (Å²) >= 11 is 0. The maximum atomic E-state index is 12.8. The summed E-state index contributed by atoms with van der Waals surface area (Å²) in [5.74, 6) is 1.41. The average Bonchev–Trinajstić information content (AvgIpc) is 3.26. The van der Waals surface area contributed by atoms with Crippen LogP contribution in [0.4, 0.5) is 5.95 Å². The molecule has 1 aromatic carbocycles. The molecule has 28 heavy (non-hydrogen) atoms. The molecule has 0 saturated carbocycles. The molecule has 4 rings (SSSR count). The fraction of sp³-hybridized carbons (Fsp3) is 0.333. The predicted molar refractivity (Wildman–Crippen MR) is 108 cm³/mol. The highest BCUT2D eigenvalue weighted by atomic mass is 16.2. The number of anilines is 1. The van der Waals surface area contributed by atoms with Crippen molar-refractivity contribution >= 4 is 11.9 Å². The molecule has 2 N–H and O–H groups in total. The van der Waals surface area contributed by atoms with Crippen LogP contribution in [0.25, 0.3) is 11.3 Å². The summed E-state index contributed by atoms with van der Waals surface area (Å²) < 4.78 is 0.